The van der Waals surface area contributed by atoms with Gasteiger partial charge in [-0.05, 0) is 42.5 Å². The molecule has 1 aromatic heterocycles. The van der Waals surface area contributed by atoms with Crippen molar-refractivity contribution in [1.29, 1.82) is 0 Å². The maximum atomic E-state index is 12.5. The van der Waals surface area contributed by atoms with Gasteiger partial charge in [0.25, 0.3) is 5.91 Å². The van der Waals surface area contributed by atoms with E-state index in [1.807, 2.05) is 43.3 Å². The third kappa shape index (κ3) is 4.45. The van der Waals surface area contributed by atoms with Gasteiger partial charge in [0.05, 0.1) is 12.2 Å². The highest BCUT2D eigenvalue weighted by molar-refractivity contribution is 7.15. The van der Waals surface area contributed by atoms with Gasteiger partial charge in [0.1, 0.15) is 5.01 Å². The van der Waals surface area contributed by atoms with Crippen LogP contribution in [0.3, 0.4) is 0 Å². The number of carbonyl (C=O) groups excluding carboxylic acids is 1. The van der Waals surface area contributed by atoms with Crippen LogP contribution in [-0.4, -0.2) is 10.9 Å². The molecule has 0 atom stereocenters. The summed E-state index contributed by atoms with van der Waals surface area (Å²) in [6.45, 7) is 11.1. The number of amides is 1. The van der Waals surface area contributed by atoms with Crippen LogP contribution in [0.4, 0.5) is 0 Å². The van der Waals surface area contributed by atoms with Gasteiger partial charge >= 0.3 is 0 Å². The van der Waals surface area contributed by atoms with Gasteiger partial charge in [0, 0.05) is 16.0 Å². The molecule has 1 N–H and O–H groups in total. The minimum absolute atomic E-state index is 0.0549. The van der Waals surface area contributed by atoms with E-state index in [9.17, 15) is 4.79 Å². The average Bonchev–Trinajstić information content (AvgIpc) is 3.00. The van der Waals surface area contributed by atoms with Crippen LogP contribution in [0.15, 0.2) is 48.5 Å². The second-order valence-electron chi connectivity index (χ2n) is 7.85. The van der Waals surface area contributed by atoms with Gasteiger partial charge in [0.2, 0.25) is 0 Å². The van der Waals surface area contributed by atoms with E-state index >= 15 is 0 Å². The molecular weight excluding hydrogens is 352 g/mol. The third-order valence-electron chi connectivity index (χ3n) is 4.69. The molecule has 2 aromatic carbocycles. The van der Waals surface area contributed by atoms with E-state index in [4.69, 9.17) is 4.98 Å². The smallest absolute Gasteiger partial charge is 0.251 e. The first-order chi connectivity index (χ1) is 12.8. The number of hydrogen-bond donors (Lipinski definition) is 1. The highest BCUT2D eigenvalue weighted by Gasteiger charge is 2.15. The van der Waals surface area contributed by atoms with Crippen molar-refractivity contribution in [3.05, 3.63) is 75.8 Å². The lowest BCUT2D eigenvalue weighted by Gasteiger charge is -2.19. The van der Waals surface area contributed by atoms with Crippen molar-refractivity contribution in [2.24, 2.45) is 0 Å². The molecule has 0 fully saturated rings. The zero-order valence-electron chi connectivity index (χ0n) is 16.6. The lowest BCUT2D eigenvalue weighted by Crippen LogP contribution is -2.23. The zero-order valence-corrected chi connectivity index (χ0v) is 17.4. The Morgan fingerprint density at radius 2 is 1.70 bits per heavy atom. The molecule has 0 aliphatic heterocycles. The molecule has 0 saturated heterocycles. The first kappa shape index (κ1) is 19.3. The Balaban J connectivity index is 1.70. The Hall–Kier alpha value is -2.46. The molecule has 0 saturated carbocycles. The van der Waals surface area contributed by atoms with E-state index in [1.54, 1.807) is 11.3 Å². The minimum Gasteiger partial charge on any atom is -0.347 e. The van der Waals surface area contributed by atoms with E-state index < -0.39 is 0 Å². The van der Waals surface area contributed by atoms with Crippen LogP contribution in [0, 0.1) is 13.8 Å². The first-order valence-corrected chi connectivity index (χ1v) is 9.98. The summed E-state index contributed by atoms with van der Waals surface area (Å²) in [6.07, 6.45) is 0. The second kappa shape index (κ2) is 7.65. The van der Waals surface area contributed by atoms with Gasteiger partial charge in [0.15, 0.2) is 0 Å². The van der Waals surface area contributed by atoms with Crippen molar-refractivity contribution in [2.45, 2.75) is 46.6 Å². The molecule has 3 rings (SSSR count). The van der Waals surface area contributed by atoms with E-state index in [1.165, 1.54) is 11.1 Å². The van der Waals surface area contributed by atoms with E-state index in [0.29, 0.717) is 12.1 Å². The predicted octanol–water partition coefficient (Wildman–Crippen LogP) is 5.65. The minimum atomic E-state index is -0.0549. The molecule has 0 aliphatic carbocycles. The summed E-state index contributed by atoms with van der Waals surface area (Å²) in [5.41, 5.74) is 5.33. The quantitative estimate of drug-likeness (QED) is 0.637. The number of rotatable bonds is 4. The van der Waals surface area contributed by atoms with Crippen molar-refractivity contribution in [2.75, 3.05) is 0 Å². The summed E-state index contributed by atoms with van der Waals surface area (Å²) in [6, 6.07) is 16.1. The summed E-state index contributed by atoms with van der Waals surface area (Å²) < 4.78 is 0. The van der Waals surface area contributed by atoms with Crippen molar-refractivity contribution >= 4 is 17.2 Å². The van der Waals surface area contributed by atoms with Crippen LogP contribution < -0.4 is 5.32 Å². The fraction of sp³-hybridized carbons (Fsp3) is 0.304. The van der Waals surface area contributed by atoms with Crippen molar-refractivity contribution in [3.63, 3.8) is 0 Å². The van der Waals surface area contributed by atoms with Crippen molar-refractivity contribution in [3.8, 4) is 10.6 Å². The number of aromatic nitrogens is 1. The number of carbonyl (C=O) groups is 1. The number of nitrogens with zero attached hydrogens (tertiary/aromatic N) is 1. The normalized spacial score (nSPS) is 11.4. The Morgan fingerprint density at radius 3 is 2.33 bits per heavy atom. The van der Waals surface area contributed by atoms with Gasteiger partial charge < -0.3 is 5.32 Å². The van der Waals surface area contributed by atoms with E-state index in [-0.39, 0.29) is 11.3 Å². The largest absolute Gasteiger partial charge is 0.347 e. The van der Waals surface area contributed by atoms with Gasteiger partial charge in [-0.1, -0.05) is 57.2 Å². The summed E-state index contributed by atoms with van der Waals surface area (Å²) in [4.78, 5) is 18.3. The lowest BCUT2D eigenvalue weighted by molar-refractivity contribution is 0.0951. The number of thiazole rings is 1. The summed E-state index contributed by atoms with van der Waals surface area (Å²) >= 11 is 1.64. The summed E-state index contributed by atoms with van der Waals surface area (Å²) in [7, 11) is 0. The average molecular weight is 379 g/mol. The number of hydrogen-bond acceptors (Lipinski definition) is 3. The number of benzene rings is 2. The first-order valence-electron chi connectivity index (χ1n) is 9.17. The van der Waals surface area contributed by atoms with Crippen LogP contribution in [0.2, 0.25) is 0 Å². The lowest BCUT2D eigenvalue weighted by atomic mass is 9.87. The van der Waals surface area contributed by atoms with Gasteiger partial charge in [-0.3, -0.25) is 4.79 Å². The molecule has 0 unspecified atom stereocenters. The SMILES string of the molecule is Cc1ccccc1-c1nc(C)c(CNC(=O)c2ccc(C(C)(C)C)cc2)s1. The molecule has 0 aliphatic rings. The molecular formula is C23H26N2OS. The maximum absolute atomic E-state index is 12.5. The highest BCUT2D eigenvalue weighted by Crippen LogP contribution is 2.30. The number of nitrogens with one attached hydrogen (secondary N) is 1. The Kier molecular flexibility index (Phi) is 5.47. The molecule has 3 aromatic rings. The zero-order chi connectivity index (χ0) is 19.6. The van der Waals surface area contributed by atoms with Crippen LogP contribution in [0.5, 0.6) is 0 Å². The van der Waals surface area contributed by atoms with Crippen LogP contribution in [0.1, 0.15) is 52.8 Å². The molecule has 0 bridgehead atoms. The Morgan fingerprint density at radius 1 is 1.04 bits per heavy atom. The third-order valence-corrected chi connectivity index (χ3v) is 5.88. The summed E-state index contributed by atoms with van der Waals surface area (Å²) in [5.74, 6) is -0.0549. The molecule has 3 nitrogen and oxygen atoms in total. The van der Waals surface area contributed by atoms with Crippen LogP contribution in [0.25, 0.3) is 10.6 Å². The molecule has 0 spiro atoms. The van der Waals surface area contributed by atoms with Crippen LogP contribution in [-0.2, 0) is 12.0 Å². The van der Waals surface area contributed by atoms with E-state index in [0.717, 1.165) is 21.1 Å². The summed E-state index contributed by atoms with van der Waals surface area (Å²) in [5, 5.41) is 4.03. The van der Waals surface area contributed by atoms with Crippen LogP contribution >= 0.6 is 11.3 Å². The predicted molar refractivity (Wildman–Crippen MR) is 113 cm³/mol. The molecule has 0 radical (unpaired) electrons. The topological polar surface area (TPSA) is 42.0 Å². The molecule has 27 heavy (non-hydrogen) atoms. The molecule has 1 amide bonds. The maximum Gasteiger partial charge on any atom is 0.251 e. The fourth-order valence-corrected chi connectivity index (χ4v) is 4.00. The second-order valence-corrected chi connectivity index (χ2v) is 8.94. The van der Waals surface area contributed by atoms with E-state index in [2.05, 4.69) is 45.1 Å². The monoisotopic (exact) mass is 378 g/mol. The van der Waals surface area contributed by atoms with Gasteiger partial charge in [-0.25, -0.2) is 4.98 Å². The Labute approximate surface area is 165 Å². The van der Waals surface area contributed by atoms with Gasteiger partial charge in [-0.2, -0.15) is 0 Å². The fourth-order valence-electron chi connectivity index (χ4n) is 2.90. The Bertz CT molecular complexity index is 949. The standard InChI is InChI=1S/C23H26N2OS/c1-15-8-6-7-9-19(15)22-25-16(2)20(27-22)14-24-21(26)17-10-12-18(13-11-17)23(3,4)5/h6-13H,14H2,1-5H3,(H,24,26). The van der Waals surface area contributed by atoms with Crippen molar-refractivity contribution in [1.82, 2.24) is 10.3 Å². The molecule has 1 heterocycles. The highest BCUT2D eigenvalue weighted by atomic mass is 32.1. The van der Waals surface area contributed by atoms with Gasteiger partial charge in [-0.15, -0.1) is 11.3 Å². The molecule has 140 valence electrons. The molecule has 4 heteroatoms. The number of aryl methyl sites for hydroxylation is 2. The van der Waals surface area contributed by atoms with Crippen molar-refractivity contribution < 1.29 is 4.79 Å².